The summed E-state index contributed by atoms with van der Waals surface area (Å²) in [5, 5.41) is 19.0. The summed E-state index contributed by atoms with van der Waals surface area (Å²) in [5.41, 5.74) is 21.0. The SMILES string of the molecule is CC(C)C[C@H](NC(=O)[C@H](N)C(C)C)C(=O)N[C@@H](CCCN=C(N)N)C(=O)Nc1ccc([N+](=O)[O-])c(C(N)=O)c1. The fourth-order valence-electron chi connectivity index (χ4n) is 3.52. The molecule has 0 aliphatic heterocycles. The lowest BCUT2D eigenvalue weighted by Gasteiger charge is -2.26. The number of carbonyl (C=O) groups is 4. The second-order valence-electron chi connectivity index (χ2n) is 9.81. The summed E-state index contributed by atoms with van der Waals surface area (Å²) in [4.78, 5) is 64.9. The van der Waals surface area contributed by atoms with E-state index in [2.05, 4.69) is 20.9 Å². The van der Waals surface area contributed by atoms with Gasteiger partial charge >= 0.3 is 0 Å². The number of nitro benzene ring substituents is 1. The van der Waals surface area contributed by atoms with Gasteiger partial charge in [0.05, 0.1) is 11.0 Å². The number of nitro groups is 1. The molecule has 0 aliphatic carbocycles. The predicted molar refractivity (Wildman–Crippen MR) is 146 cm³/mol. The molecule has 15 heteroatoms. The molecule has 39 heavy (non-hydrogen) atoms. The maximum absolute atomic E-state index is 13.2. The molecule has 0 radical (unpaired) electrons. The standard InChI is InChI=1S/C24H39N9O6/c1-12(2)10-17(32-23(37)19(25)13(3)4)22(36)31-16(6-5-9-29-24(27)28)21(35)30-14-7-8-18(33(38)39)15(11-14)20(26)34/h7-8,11-13,16-17,19H,5-6,9-10,25H2,1-4H3,(H2,26,34)(H,30,35)(H,31,36)(H,32,37)(H4,27,28,29)/t16-,17-,19+/m0/s1. The van der Waals surface area contributed by atoms with Crippen molar-refractivity contribution >= 4 is 41.0 Å². The summed E-state index contributed by atoms with van der Waals surface area (Å²) in [6, 6.07) is 0.448. The summed E-state index contributed by atoms with van der Waals surface area (Å²) >= 11 is 0. The van der Waals surface area contributed by atoms with E-state index in [9.17, 15) is 29.3 Å². The highest BCUT2D eigenvalue weighted by molar-refractivity contribution is 6.01. The Morgan fingerprint density at radius 3 is 2.10 bits per heavy atom. The Kier molecular flexibility index (Phi) is 12.8. The molecule has 1 aromatic rings. The normalized spacial score (nSPS) is 13.2. The van der Waals surface area contributed by atoms with Crippen molar-refractivity contribution < 1.29 is 24.1 Å². The summed E-state index contributed by atoms with van der Waals surface area (Å²) in [7, 11) is 0. The van der Waals surface area contributed by atoms with Gasteiger partial charge < -0.3 is 38.9 Å². The zero-order valence-electron chi connectivity index (χ0n) is 22.6. The average Bonchev–Trinajstić information content (AvgIpc) is 2.83. The third-order valence-corrected chi connectivity index (χ3v) is 5.67. The third kappa shape index (κ3) is 10.9. The first-order valence-electron chi connectivity index (χ1n) is 12.4. The molecule has 0 fully saturated rings. The number of nitrogens with two attached hydrogens (primary N) is 4. The molecule has 0 aliphatic rings. The molecule has 3 atom stereocenters. The van der Waals surface area contributed by atoms with Gasteiger partial charge in [0.1, 0.15) is 17.6 Å². The lowest BCUT2D eigenvalue weighted by molar-refractivity contribution is -0.385. The van der Waals surface area contributed by atoms with Gasteiger partial charge in [-0.25, -0.2) is 0 Å². The van der Waals surface area contributed by atoms with Gasteiger partial charge in [-0.1, -0.05) is 27.7 Å². The Balaban J connectivity index is 3.19. The highest BCUT2D eigenvalue weighted by atomic mass is 16.6. The number of benzene rings is 1. The number of nitrogens with one attached hydrogen (secondary N) is 3. The van der Waals surface area contributed by atoms with E-state index in [4.69, 9.17) is 22.9 Å². The van der Waals surface area contributed by atoms with Crippen molar-refractivity contribution in [2.24, 2.45) is 39.8 Å². The molecule has 0 unspecified atom stereocenters. The van der Waals surface area contributed by atoms with Crippen molar-refractivity contribution in [3.8, 4) is 0 Å². The summed E-state index contributed by atoms with van der Waals surface area (Å²) in [5.74, 6) is -3.09. The highest BCUT2D eigenvalue weighted by Gasteiger charge is 2.29. The Morgan fingerprint density at radius 2 is 1.59 bits per heavy atom. The van der Waals surface area contributed by atoms with Gasteiger partial charge in [-0.15, -0.1) is 0 Å². The molecule has 0 heterocycles. The third-order valence-electron chi connectivity index (χ3n) is 5.67. The minimum atomic E-state index is -1.11. The maximum Gasteiger partial charge on any atom is 0.282 e. The Hall–Kier alpha value is -4.27. The molecule has 0 saturated heterocycles. The monoisotopic (exact) mass is 549 g/mol. The van der Waals surface area contributed by atoms with E-state index in [0.29, 0.717) is 6.42 Å². The quantitative estimate of drug-likeness (QED) is 0.0496. The zero-order chi connectivity index (χ0) is 29.9. The smallest absolute Gasteiger partial charge is 0.282 e. The number of carbonyl (C=O) groups excluding carboxylic acids is 4. The van der Waals surface area contributed by atoms with Crippen molar-refractivity contribution in [2.45, 2.75) is 65.1 Å². The van der Waals surface area contributed by atoms with Crippen LogP contribution in [0.2, 0.25) is 0 Å². The molecule has 0 aromatic heterocycles. The average molecular weight is 550 g/mol. The molecular weight excluding hydrogens is 510 g/mol. The molecule has 4 amide bonds. The first-order chi connectivity index (χ1) is 18.1. The van der Waals surface area contributed by atoms with Gasteiger partial charge in [0.25, 0.3) is 11.6 Å². The van der Waals surface area contributed by atoms with E-state index in [0.717, 1.165) is 12.1 Å². The fraction of sp³-hybridized carbons (Fsp3) is 0.542. The van der Waals surface area contributed by atoms with Crippen LogP contribution in [0.25, 0.3) is 0 Å². The van der Waals surface area contributed by atoms with Crippen molar-refractivity contribution in [2.75, 3.05) is 11.9 Å². The van der Waals surface area contributed by atoms with Crippen LogP contribution in [0, 0.1) is 22.0 Å². The fourth-order valence-corrected chi connectivity index (χ4v) is 3.52. The topological polar surface area (TPSA) is 264 Å². The van der Waals surface area contributed by atoms with Crippen LogP contribution in [-0.2, 0) is 14.4 Å². The lowest BCUT2D eigenvalue weighted by atomic mass is 10.00. The van der Waals surface area contributed by atoms with E-state index in [-0.39, 0.29) is 42.9 Å². The first kappa shape index (κ1) is 32.8. The first-order valence-corrected chi connectivity index (χ1v) is 12.4. The van der Waals surface area contributed by atoms with Gasteiger partial charge in [0.2, 0.25) is 17.7 Å². The summed E-state index contributed by atoms with van der Waals surface area (Å²) in [6.07, 6.45) is 0.704. The largest absolute Gasteiger partial charge is 0.370 e. The molecule has 0 saturated carbocycles. The second-order valence-corrected chi connectivity index (χ2v) is 9.81. The molecule has 1 aromatic carbocycles. The minimum Gasteiger partial charge on any atom is -0.370 e. The van der Waals surface area contributed by atoms with Crippen molar-refractivity contribution in [3.63, 3.8) is 0 Å². The number of hydrogen-bond donors (Lipinski definition) is 7. The number of aliphatic imine (C=N–C) groups is 1. The van der Waals surface area contributed by atoms with Gasteiger partial charge in [0, 0.05) is 18.3 Å². The molecule has 0 bridgehead atoms. The van der Waals surface area contributed by atoms with Crippen LogP contribution >= 0.6 is 0 Å². The van der Waals surface area contributed by atoms with Crippen LogP contribution in [0.4, 0.5) is 11.4 Å². The van der Waals surface area contributed by atoms with Crippen LogP contribution in [0.1, 0.15) is 57.3 Å². The molecule has 15 nitrogen and oxygen atoms in total. The summed E-state index contributed by atoms with van der Waals surface area (Å²) in [6.45, 7) is 7.49. The molecule has 216 valence electrons. The second kappa shape index (κ2) is 15.2. The Labute approximate surface area is 226 Å². The Morgan fingerprint density at radius 1 is 0.974 bits per heavy atom. The van der Waals surface area contributed by atoms with Crippen LogP contribution in [0.15, 0.2) is 23.2 Å². The number of rotatable bonds is 15. The molecular formula is C24H39N9O6. The minimum absolute atomic E-state index is 0.0257. The van der Waals surface area contributed by atoms with Gasteiger partial charge in [0.15, 0.2) is 5.96 Å². The summed E-state index contributed by atoms with van der Waals surface area (Å²) < 4.78 is 0. The highest BCUT2D eigenvalue weighted by Crippen LogP contribution is 2.22. The molecule has 11 N–H and O–H groups in total. The number of hydrogen-bond acceptors (Lipinski definition) is 8. The van der Waals surface area contributed by atoms with Crippen molar-refractivity contribution in [1.29, 1.82) is 0 Å². The number of guanidine groups is 1. The van der Waals surface area contributed by atoms with Crippen molar-refractivity contribution in [3.05, 3.63) is 33.9 Å². The zero-order valence-corrected chi connectivity index (χ0v) is 22.6. The van der Waals surface area contributed by atoms with E-state index >= 15 is 0 Å². The van der Waals surface area contributed by atoms with Crippen LogP contribution in [-0.4, -0.2) is 59.2 Å². The van der Waals surface area contributed by atoms with E-state index in [1.807, 2.05) is 13.8 Å². The van der Waals surface area contributed by atoms with Gasteiger partial charge in [-0.3, -0.25) is 34.3 Å². The number of amides is 4. The van der Waals surface area contributed by atoms with Crippen molar-refractivity contribution in [1.82, 2.24) is 10.6 Å². The lowest BCUT2D eigenvalue weighted by Crippen LogP contribution is -2.56. The maximum atomic E-state index is 13.2. The van der Waals surface area contributed by atoms with E-state index < -0.39 is 57.9 Å². The number of anilines is 1. The van der Waals surface area contributed by atoms with Gasteiger partial charge in [-0.2, -0.15) is 0 Å². The number of primary amides is 1. The van der Waals surface area contributed by atoms with E-state index in [1.54, 1.807) is 13.8 Å². The van der Waals surface area contributed by atoms with Crippen LogP contribution in [0.3, 0.4) is 0 Å². The molecule has 0 spiro atoms. The predicted octanol–water partition coefficient (Wildman–Crippen LogP) is -0.315. The van der Waals surface area contributed by atoms with Crippen LogP contribution in [0.5, 0.6) is 0 Å². The Bertz CT molecular complexity index is 1090. The number of nitrogens with zero attached hydrogens (tertiary/aromatic N) is 2. The van der Waals surface area contributed by atoms with E-state index in [1.165, 1.54) is 6.07 Å². The van der Waals surface area contributed by atoms with Crippen LogP contribution < -0.4 is 38.9 Å². The van der Waals surface area contributed by atoms with Gasteiger partial charge in [-0.05, 0) is 43.2 Å². The molecule has 1 rings (SSSR count).